The molecule has 1 amide bonds. The third-order valence-electron chi connectivity index (χ3n) is 3.53. The van der Waals surface area contributed by atoms with Gasteiger partial charge in [-0.3, -0.25) is 9.69 Å². The summed E-state index contributed by atoms with van der Waals surface area (Å²) in [7, 11) is -2.27. The molecule has 0 spiro atoms. The number of para-hydroxylation sites is 1. The number of ether oxygens (including phenoxy) is 1. The zero-order chi connectivity index (χ0) is 19.6. The lowest BCUT2D eigenvalue weighted by atomic mass is 10.2. The number of nitrogens with zero attached hydrogens (tertiary/aromatic N) is 1. The summed E-state index contributed by atoms with van der Waals surface area (Å²) in [4.78, 5) is 14.7. The van der Waals surface area contributed by atoms with Crippen molar-refractivity contribution < 1.29 is 22.1 Å². The van der Waals surface area contributed by atoms with E-state index in [-0.39, 0.29) is 17.4 Å². The summed E-state index contributed by atoms with van der Waals surface area (Å²) in [6, 6.07) is 13.9. The molecule has 0 bridgehead atoms. The summed E-state index contributed by atoms with van der Waals surface area (Å²) >= 11 is 6.54. The van der Waals surface area contributed by atoms with E-state index in [0.29, 0.717) is 20.5 Å². The van der Waals surface area contributed by atoms with Crippen molar-refractivity contribution in [1.82, 2.24) is 0 Å². The maximum absolute atomic E-state index is 12.7. The zero-order valence-electron chi connectivity index (χ0n) is 14.4. The number of rotatable bonds is 5. The smallest absolute Gasteiger partial charge is 0.306 e. The fourth-order valence-corrected chi connectivity index (χ4v) is 4.19. The molecule has 1 fully saturated rings. The first kappa shape index (κ1) is 19.4. The van der Waals surface area contributed by atoms with E-state index in [2.05, 4.69) is 0 Å². The van der Waals surface area contributed by atoms with Gasteiger partial charge in [0.15, 0.2) is 15.8 Å². The topological polar surface area (TPSA) is 72.9 Å². The Morgan fingerprint density at radius 3 is 2.44 bits per heavy atom. The Balaban J connectivity index is 1.91. The maximum Gasteiger partial charge on any atom is 0.306 e. The van der Waals surface area contributed by atoms with Crippen LogP contribution in [0.15, 0.2) is 53.4 Å². The van der Waals surface area contributed by atoms with Gasteiger partial charge in [0.05, 0.1) is 24.0 Å². The number of amides is 1. The number of thioether (sulfide) groups is 1. The van der Waals surface area contributed by atoms with Gasteiger partial charge < -0.3 is 8.92 Å². The van der Waals surface area contributed by atoms with Crippen molar-refractivity contribution in [3.05, 3.63) is 59.0 Å². The van der Waals surface area contributed by atoms with Crippen LogP contribution in [0.2, 0.25) is 0 Å². The Kier molecular flexibility index (Phi) is 5.54. The Morgan fingerprint density at radius 1 is 1.11 bits per heavy atom. The number of hydrogen-bond donors (Lipinski definition) is 0. The second-order valence-corrected chi connectivity index (χ2v) is 8.80. The number of carbonyl (C=O) groups excluding carboxylic acids is 1. The minimum Gasteiger partial charge on any atom is -0.493 e. The van der Waals surface area contributed by atoms with E-state index >= 15 is 0 Å². The van der Waals surface area contributed by atoms with Gasteiger partial charge in [0.25, 0.3) is 5.91 Å². The molecule has 0 aromatic heterocycles. The fourth-order valence-electron chi connectivity index (χ4n) is 2.42. The average Bonchev–Trinajstić information content (AvgIpc) is 2.89. The second kappa shape index (κ2) is 7.71. The van der Waals surface area contributed by atoms with Gasteiger partial charge >= 0.3 is 10.1 Å². The van der Waals surface area contributed by atoms with Gasteiger partial charge in [0, 0.05) is 0 Å². The molecule has 0 aliphatic carbocycles. The van der Waals surface area contributed by atoms with Gasteiger partial charge in [-0.05, 0) is 35.9 Å². The molecule has 0 N–H and O–H groups in total. The van der Waals surface area contributed by atoms with Crippen molar-refractivity contribution in [2.45, 2.75) is 0 Å². The van der Waals surface area contributed by atoms with Crippen molar-refractivity contribution in [1.29, 1.82) is 0 Å². The van der Waals surface area contributed by atoms with E-state index in [1.807, 2.05) is 30.3 Å². The quantitative estimate of drug-likeness (QED) is 0.416. The summed E-state index contributed by atoms with van der Waals surface area (Å²) in [5, 5.41) is 0. The monoisotopic (exact) mass is 421 g/mol. The van der Waals surface area contributed by atoms with E-state index in [9.17, 15) is 13.2 Å². The fraction of sp³-hybridized carbons (Fsp3) is 0.111. The molecule has 140 valence electrons. The van der Waals surface area contributed by atoms with Crippen LogP contribution in [-0.4, -0.2) is 32.0 Å². The summed E-state index contributed by atoms with van der Waals surface area (Å²) in [6.45, 7) is 0. The van der Waals surface area contributed by atoms with Crippen LogP contribution >= 0.6 is 24.0 Å². The van der Waals surface area contributed by atoms with Crippen molar-refractivity contribution in [3.8, 4) is 11.5 Å². The van der Waals surface area contributed by atoms with E-state index in [1.165, 1.54) is 29.8 Å². The molecule has 1 saturated heterocycles. The molecule has 6 nitrogen and oxygen atoms in total. The van der Waals surface area contributed by atoms with Crippen LogP contribution in [0.4, 0.5) is 5.69 Å². The maximum atomic E-state index is 12.7. The molecule has 9 heteroatoms. The summed E-state index contributed by atoms with van der Waals surface area (Å²) in [6.07, 6.45) is 2.63. The van der Waals surface area contributed by atoms with Gasteiger partial charge in [0.1, 0.15) is 0 Å². The number of hydrogen-bond acceptors (Lipinski definition) is 7. The van der Waals surface area contributed by atoms with Crippen LogP contribution < -0.4 is 13.8 Å². The van der Waals surface area contributed by atoms with E-state index in [1.54, 1.807) is 18.2 Å². The molecule has 0 unspecified atom stereocenters. The molecular weight excluding hydrogens is 406 g/mol. The zero-order valence-corrected chi connectivity index (χ0v) is 16.9. The lowest BCUT2D eigenvalue weighted by Crippen LogP contribution is -2.27. The van der Waals surface area contributed by atoms with Crippen LogP contribution in [0.3, 0.4) is 0 Å². The van der Waals surface area contributed by atoms with Gasteiger partial charge in [-0.2, -0.15) is 8.42 Å². The SMILES string of the molecule is COc1cc(/C=C2\SC(=S)N(c3ccccc3)C2=O)ccc1OS(C)(=O)=O. The van der Waals surface area contributed by atoms with E-state index in [0.717, 1.165) is 6.26 Å². The van der Waals surface area contributed by atoms with Crippen LogP contribution in [0.25, 0.3) is 6.08 Å². The van der Waals surface area contributed by atoms with Crippen LogP contribution in [0, 0.1) is 0 Å². The third-order valence-corrected chi connectivity index (χ3v) is 5.32. The Bertz CT molecular complexity index is 1030. The molecule has 1 aliphatic rings. The Hall–Kier alpha value is -2.36. The number of benzene rings is 2. The Labute approximate surface area is 166 Å². The molecule has 0 saturated carbocycles. The normalized spacial score (nSPS) is 16.1. The van der Waals surface area contributed by atoms with Crippen molar-refractivity contribution in [2.24, 2.45) is 0 Å². The highest BCUT2D eigenvalue weighted by molar-refractivity contribution is 8.27. The summed E-state index contributed by atoms with van der Waals surface area (Å²) in [5.74, 6) is 0.105. The molecule has 1 heterocycles. The number of anilines is 1. The van der Waals surface area contributed by atoms with Crippen molar-refractivity contribution >= 4 is 56.1 Å². The molecule has 3 rings (SSSR count). The van der Waals surface area contributed by atoms with E-state index < -0.39 is 10.1 Å². The number of methoxy groups -OCH3 is 1. The van der Waals surface area contributed by atoms with Crippen LogP contribution in [-0.2, 0) is 14.9 Å². The van der Waals surface area contributed by atoms with Crippen LogP contribution in [0.5, 0.6) is 11.5 Å². The highest BCUT2D eigenvalue weighted by Gasteiger charge is 2.33. The standard InChI is InChI=1S/C18H15NO5S3/c1-23-15-10-12(8-9-14(15)24-27(2,21)22)11-16-17(20)19(18(25)26-16)13-6-4-3-5-7-13/h3-11H,1-2H3/b16-11-. The minimum absolute atomic E-state index is 0.0778. The molecule has 0 atom stereocenters. The minimum atomic E-state index is -3.68. The third kappa shape index (κ3) is 4.49. The molecule has 2 aromatic carbocycles. The molecule has 0 radical (unpaired) electrons. The van der Waals surface area contributed by atoms with Gasteiger partial charge in [-0.1, -0.05) is 48.2 Å². The van der Waals surface area contributed by atoms with Gasteiger partial charge in [-0.15, -0.1) is 0 Å². The average molecular weight is 422 g/mol. The Morgan fingerprint density at radius 2 is 1.81 bits per heavy atom. The number of thiocarbonyl (C=S) groups is 1. The highest BCUT2D eigenvalue weighted by Crippen LogP contribution is 2.37. The predicted molar refractivity (Wildman–Crippen MR) is 111 cm³/mol. The van der Waals surface area contributed by atoms with Crippen molar-refractivity contribution in [3.63, 3.8) is 0 Å². The summed E-state index contributed by atoms with van der Waals surface area (Å²) < 4.78 is 33.2. The van der Waals surface area contributed by atoms with Gasteiger partial charge in [-0.25, -0.2) is 0 Å². The van der Waals surface area contributed by atoms with E-state index in [4.69, 9.17) is 21.1 Å². The van der Waals surface area contributed by atoms with Crippen molar-refractivity contribution in [2.75, 3.05) is 18.3 Å². The number of carbonyl (C=O) groups is 1. The molecular formula is C18H15NO5S3. The largest absolute Gasteiger partial charge is 0.493 e. The first-order valence-electron chi connectivity index (χ1n) is 7.69. The molecule has 27 heavy (non-hydrogen) atoms. The first-order valence-corrected chi connectivity index (χ1v) is 10.7. The first-order chi connectivity index (χ1) is 12.8. The molecule has 1 aliphatic heterocycles. The molecule has 2 aromatic rings. The summed E-state index contributed by atoms with van der Waals surface area (Å²) in [5.41, 5.74) is 1.36. The van der Waals surface area contributed by atoms with Gasteiger partial charge in [0.2, 0.25) is 0 Å². The van der Waals surface area contributed by atoms with Crippen LogP contribution in [0.1, 0.15) is 5.56 Å². The predicted octanol–water partition coefficient (Wildman–Crippen LogP) is 3.44. The second-order valence-electron chi connectivity index (χ2n) is 5.55. The highest BCUT2D eigenvalue weighted by atomic mass is 32.2. The lowest BCUT2D eigenvalue weighted by Gasteiger charge is -2.13. The lowest BCUT2D eigenvalue weighted by molar-refractivity contribution is -0.113.